The first-order valence-corrected chi connectivity index (χ1v) is 7.59. The molecule has 0 aliphatic rings. The molecule has 0 radical (unpaired) electrons. The lowest BCUT2D eigenvalue weighted by molar-refractivity contribution is 0.262. The quantitative estimate of drug-likeness (QED) is 0.637. The van der Waals surface area contributed by atoms with E-state index in [1.54, 1.807) is 0 Å². The first-order chi connectivity index (χ1) is 8.39. The summed E-state index contributed by atoms with van der Waals surface area (Å²) in [5, 5.41) is 8.93. The Morgan fingerprint density at radius 1 is 1.33 bits per heavy atom. The minimum absolute atomic E-state index is 0.366. The van der Waals surface area contributed by atoms with Crippen molar-refractivity contribution in [3.8, 4) is 11.8 Å². The van der Waals surface area contributed by atoms with Crippen molar-refractivity contribution in [1.29, 1.82) is 5.26 Å². The molecule has 0 heterocycles. The van der Waals surface area contributed by atoms with Crippen molar-refractivity contribution >= 4 is 43.5 Å². The van der Waals surface area contributed by atoms with Crippen molar-refractivity contribution < 1.29 is 4.74 Å². The second kappa shape index (κ2) is 6.79. The van der Waals surface area contributed by atoms with E-state index in [4.69, 9.17) is 21.6 Å². The zero-order valence-corrected chi connectivity index (χ0v) is 14.2. The zero-order chi connectivity index (χ0) is 13.8. The van der Waals surface area contributed by atoms with E-state index in [0.29, 0.717) is 18.9 Å². The minimum Gasteiger partial charge on any atom is -0.491 e. The van der Waals surface area contributed by atoms with E-state index in [9.17, 15) is 0 Å². The van der Waals surface area contributed by atoms with Gasteiger partial charge in [-0.1, -0.05) is 0 Å². The van der Waals surface area contributed by atoms with Gasteiger partial charge in [0.25, 0.3) is 0 Å². The Bertz CT molecular complexity index is 446. The maximum absolute atomic E-state index is 8.93. The fraction of sp³-hybridized carbons (Fsp3) is 0.462. The molecule has 0 amide bonds. The van der Waals surface area contributed by atoms with Gasteiger partial charge in [-0.05, 0) is 69.8 Å². The van der Waals surface area contributed by atoms with Gasteiger partial charge in [0.05, 0.1) is 27.0 Å². The largest absolute Gasteiger partial charge is 0.491 e. The molecule has 0 saturated heterocycles. The van der Waals surface area contributed by atoms with Gasteiger partial charge >= 0.3 is 0 Å². The summed E-state index contributed by atoms with van der Waals surface area (Å²) >= 11 is 12.7. The lowest BCUT2D eigenvalue weighted by Crippen LogP contribution is -2.13. The average Bonchev–Trinajstić information content (AvgIpc) is 2.32. The van der Waals surface area contributed by atoms with Crippen LogP contribution in [0.15, 0.2) is 21.1 Å². The van der Waals surface area contributed by atoms with E-state index in [1.807, 2.05) is 26.0 Å². The van der Waals surface area contributed by atoms with Gasteiger partial charge in [0, 0.05) is 5.88 Å². The number of nitrogens with zero attached hydrogens (tertiary/aromatic N) is 1. The van der Waals surface area contributed by atoms with E-state index in [1.165, 1.54) is 0 Å². The lowest BCUT2D eigenvalue weighted by Gasteiger charge is -2.17. The summed E-state index contributed by atoms with van der Waals surface area (Å²) < 4.78 is 7.44. The van der Waals surface area contributed by atoms with Gasteiger partial charge in [-0.3, -0.25) is 0 Å². The third-order valence-corrected chi connectivity index (χ3v) is 3.98. The molecule has 0 unspecified atom stereocenters. The molecular formula is C13H14Br2ClNO. The van der Waals surface area contributed by atoms with Gasteiger partial charge < -0.3 is 4.74 Å². The van der Waals surface area contributed by atoms with Crippen LogP contribution in [0.4, 0.5) is 0 Å². The molecule has 0 fully saturated rings. The van der Waals surface area contributed by atoms with Crippen molar-refractivity contribution in [3.05, 3.63) is 26.6 Å². The highest BCUT2D eigenvalue weighted by Gasteiger charge is 2.17. The molecule has 0 aliphatic carbocycles. The van der Waals surface area contributed by atoms with Crippen LogP contribution in [0.25, 0.3) is 0 Å². The van der Waals surface area contributed by atoms with Crippen molar-refractivity contribution in [1.82, 2.24) is 0 Å². The number of hydrogen-bond acceptors (Lipinski definition) is 2. The summed E-state index contributed by atoms with van der Waals surface area (Å²) in [6.07, 6.45) is 0.680. The number of alkyl halides is 1. The molecule has 1 aromatic carbocycles. The van der Waals surface area contributed by atoms with E-state index < -0.39 is 0 Å². The molecule has 0 atom stereocenters. The molecule has 5 heteroatoms. The molecule has 2 nitrogen and oxygen atoms in total. The Morgan fingerprint density at radius 2 is 1.89 bits per heavy atom. The first-order valence-electron chi connectivity index (χ1n) is 5.47. The monoisotopic (exact) mass is 393 g/mol. The zero-order valence-electron chi connectivity index (χ0n) is 10.3. The highest BCUT2D eigenvalue weighted by atomic mass is 79.9. The Labute approximate surface area is 130 Å². The Balaban J connectivity index is 2.72. The number of ether oxygens (including phenoxy) is 1. The first kappa shape index (κ1) is 15.8. The molecule has 0 bridgehead atoms. The van der Waals surface area contributed by atoms with E-state index in [-0.39, 0.29) is 5.41 Å². The van der Waals surface area contributed by atoms with Gasteiger partial charge in [0.2, 0.25) is 0 Å². The molecule has 0 aromatic heterocycles. The average molecular weight is 396 g/mol. The second-order valence-electron chi connectivity index (χ2n) is 4.62. The van der Waals surface area contributed by atoms with Crippen molar-refractivity contribution in [3.63, 3.8) is 0 Å². The van der Waals surface area contributed by atoms with Gasteiger partial charge in [-0.25, -0.2) is 0 Å². The van der Waals surface area contributed by atoms with Crippen LogP contribution in [0.3, 0.4) is 0 Å². The Hall–Kier alpha value is -0.240. The van der Waals surface area contributed by atoms with Gasteiger partial charge in [0.1, 0.15) is 5.75 Å². The van der Waals surface area contributed by atoms with Crippen LogP contribution in [-0.2, 0) is 5.88 Å². The van der Waals surface area contributed by atoms with Crippen LogP contribution in [0.5, 0.6) is 5.75 Å². The summed E-state index contributed by atoms with van der Waals surface area (Å²) in [6, 6.07) is 6.12. The molecule has 1 aromatic rings. The van der Waals surface area contributed by atoms with Crippen LogP contribution >= 0.6 is 43.5 Å². The number of nitriles is 1. The summed E-state index contributed by atoms with van der Waals surface area (Å²) in [6.45, 7) is 4.30. The highest BCUT2D eigenvalue weighted by molar-refractivity contribution is 9.11. The topological polar surface area (TPSA) is 33.0 Å². The van der Waals surface area contributed by atoms with Crippen LogP contribution in [0.2, 0.25) is 0 Å². The number of hydrogen-bond donors (Lipinski definition) is 0. The van der Waals surface area contributed by atoms with E-state index in [2.05, 4.69) is 37.9 Å². The van der Waals surface area contributed by atoms with Crippen LogP contribution in [0.1, 0.15) is 25.8 Å². The molecule has 0 spiro atoms. The number of rotatable bonds is 5. The Morgan fingerprint density at radius 3 is 2.33 bits per heavy atom. The Kier molecular flexibility index (Phi) is 5.97. The van der Waals surface area contributed by atoms with Crippen LogP contribution < -0.4 is 4.74 Å². The third kappa shape index (κ3) is 4.46. The molecule has 18 heavy (non-hydrogen) atoms. The van der Waals surface area contributed by atoms with Gasteiger partial charge in [-0.2, -0.15) is 5.26 Å². The highest BCUT2D eigenvalue weighted by Crippen LogP contribution is 2.35. The van der Waals surface area contributed by atoms with Crippen molar-refractivity contribution in [2.45, 2.75) is 26.1 Å². The van der Waals surface area contributed by atoms with E-state index in [0.717, 1.165) is 20.3 Å². The van der Waals surface area contributed by atoms with Crippen molar-refractivity contribution in [2.75, 3.05) is 6.61 Å². The maximum Gasteiger partial charge on any atom is 0.147 e. The molecule has 0 saturated carbocycles. The summed E-state index contributed by atoms with van der Waals surface area (Å²) in [5.74, 6) is 1.21. The molecule has 98 valence electrons. The predicted molar refractivity (Wildman–Crippen MR) is 80.9 cm³/mol. The number of halogens is 3. The van der Waals surface area contributed by atoms with E-state index >= 15 is 0 Å². The van der Waals surface area contributed by atoms with Crippen LogP contribution in [-0.4, -0.2) is 6.61 Å². The molecule has 0 aliphatic heterocycles. The molecule has 0 N–H and O–H groups in total. The smallest absolute Gasteiger partial charge is 0.147 e. The predicted octanol–water partition coefficient (Wildman–Crippen LogP) is 5.27. The van der Waals surface area contributed by atoms with Gasteiger partial charge in [-0.15, -0.1) is 11.6 Å². The lowest BCUT2D eigenvalue weighted by atomic mass is 9.92. The molecular weight excluding hydrogens is 381 g/mol. The SMILES string of the molecule is CC(C)(C#N)CCOc1c(Br)cc(CCl)cc1Br. The fourth-order valence-electron chi connectivity index (χ4n) is 1.29. The van der Waals surface area contributed by atoms with Gasteiger partial charge in [0.15, 0.2) is 0 Å². The van der Waals surface area contributed by atoms with Crippen molar-refractivity contribution in [2.24, 2.45) is 5.41 Å². The standard InChI is InChI=1S/C13H14Br2ClNO/c1-13(2,8-17)3-4-18-12-10(14)5-9(7-16)6-11(12)15/h5-6H,3-4,7H2,1-2H3. The summed E-state index contributed by atoms with van der Waals surface area (Å²) in [5.41, 5.74) is 0.648. The second-order valence-corrected chi connectivity index (χ2v) is 6.59. The van der Waals surface area contributed by atoms with Crippen LogP contribution in [0, 0.1) is 16.7 Å². The number of benzene rings is 1. The minimum atomic E-state index is -0.366. The third-order valence-electron chi connectivity index (χ3n) is 2.49. The summed E-state index contributed by atoms with van der Waals surface area (Å²) in [7, 11) is 0. The molecule has 1 rings (SSSR count). The normalized spacial score (nSPS) is 11.1. The maximum atomic E-state index is 8.93. The fourth-order valence-corrected chi connectivity index (χ4v) is 2.96. The summed E-state index contributed by atoms with van der Waals surface area (Å²) in [4.78, 5) is 0.